The second-order valence-electron chi connectivity index (χ2n) is 7.64. The van der Waals surface area contributed by atoms with Crippen LogP contribution in [0.1, 0.15) is 34.7 Å². The molecular formula is C27H26N2O3. The Hall–Kier alpha value is -3.86. The van der Waals surface area contributed by atoms with E-state index in [0.717, 1.165) is 22.4 Å². The molecule has 0 fully saturated rings. The zero-order valence-corrected chi connectivity index (χ0v) is 18.5. The molecule has 0 unspecified atom stereocenters. The fourth-order valence-corrected chi connectivity index (χ4v) is 3.86. The molecule has 32 heavy (non-hydrogen) atoms. The highest BCUT2D eigenvalue weighted by molar-refractivity contribution is 6.04. The molecule has 3 aromatic rings. The summed E-state index contributed by atoms with van der Waals surface area (Å²) in [5.74, 6) is 1.05. The summed E-state index contributed by atoms with van der Waals surface area (Å²) in [6.07, 6.45) is 3.95. The number of hydrogen-bond donors (Lipinski definition) is 0. The van der Waals surface area contributed by atoms with E-state index in [0.29, 0.717) is 17.9 Å². The van der Waals surface area contributed by atoms with E-state index in [2.05, 4.69) is 12.1 Å². The fraction of sp³-hybridized carbons (Fsp3) is 0.185. The Balaban J connectivity index is 1.72. The number of hydrogen-bond acceptors (Lipinski definition) is 4. The molecule has 0 aromatic heterocycles. The van der Waals surface area contributed by atoms with Crippen molar-refractivity contribution in [2.24, 2.45) is 5.10 Å². The number of benzene rings is 3. The van der Waals surface area contributed by atoms with Crippen LogP contribution in [0.25, 0.3) is 6.08 Å². The minimum Gasteiger partial charge on any atom is -0.493 e. The standard InChI is InChI=1S/C27H26N2O3/c1-19-12-15-21(16-13-19)23-18-24(22-10-7-11-25(31-2)27(22)32-3)29(28-23)26(30)17-14-20-8-5-4-6-9-20/h4-17,24H,18H2,1-3H3/b17-14+/t24-/m0/s1. The molecular weight excluding hydrogens is 400 g/mol. The summed E-state index contributed by atoms with van der Waals surface area (Å²) in [7, 11) is 3.22. The van der Waals surface area contributed by atoms with Crippen molar-refractivity contribution in [1.82, 2.24) is 5.01 Å². The van der Waals surface area contributed by atoms with Gasteiger partial charge in [0.2, 0.25) is 0 Å². The van der Waals surface area contributed by atoms with E-state index in [4.69, 9.17) is 14.6 Å². The molecule has 0 N–H and O–H groups in total. The molecule has 0 saturated heterocycles. The van der Waals surface area contributed by atoms with Crippen LogP contribution in [-0.4, -0.2) is 30.8 Å². The average Bonchev–Trinajstić information content (AvgIpc) is 3.28. The summed E-state index contributed by atoms with van der Waals surface area (Å²) in [5, 5.41) is 6.29. The van der Waals surface area contributed by atoms with Gasteiger partial charge in [0.1, 0.15) is 0 Å². The topological polar surface area (TPSA) is 51.1 Å². The molecule has 1 heterocycles. The Labute approximate surface area is 188 Å². The van der Waals surface area contributed by atoms with Crippen LogP contribution in [0.15, 0.2) is 84.0 Å². The lowest BCUT2D eigenvalue weighted by molar-refractivity contribution is -0.127. The van der Waals surface area contributed by atoms with Crippen LogP contribution < -0.4 is 9.47 Å². The number of methoxy groups -OCH3 is 2. The number of ether oxygens (including phenoxy) is 2. The minimum atomic E-state index is -0.302. The highest BCUT2D eigenvalue weighted by Gasteiger charge is 2.34. The van der Waals surface area contributed by atoms with Gasteiger partial charge in [-0.25, -0.2) is 5.01 Å². The number of nitrogens with zero attached hydrogens (tertiary/aromatic N) is 2. The fourth-order valence-electron chi connectivity index (χ4n) is 3.86. The first-order valence-electron chi connectivity index (χ1n) is 10.5. The highest BCUT2D eigenvalue weighted by atomic mass is 16.5. The first-order chi connectivity index (χ1) is 15.6. The van der Waals surface area contributed by atoms with Gasteiger partial charge in [0.05, 0.1) is 26.0 Å². The Morgan fingerprint density at radius 3 is 2.41 bits per heavy atom. The van der Waals surface area contributed by atoms with Crippen molar-refractivity contribution in [1.29, 1.82) is 0 Å². The summed E-state index contributed by atoms with van der Waals surface area (Å²) >= 11 is 0. The van der Waals surface area contributed by atoms with Gasteiger partial charge in [0, 0.05) is 18.1 Å². The van der Waals surface area contributed by atoms with E-state index in [9.17, 15) is 4.79 Å². The number of hydrazone groups is 1. The lowest BCUT2D eigenvalue weighted by Gasteiger charge is -2.23. The molecule has 5 heteroatoms. The molecule has 1 aliphatic heterocycles. The first kappa shape index (κ1) is 21.4. The summed E-state index contributed by atoms with van der Waals surface area (Å²) in [5.41, 5.74) is 4.86. The normalized spacial score (nSPS) is 15.7. The molecule has 4 rings (SSSR count). The number of rotatable bonds is 6. The quantitative estimate of drug-likeness (QED) is 0.496. The van der Waals surface area contributed by atoms with Gasteiger partial charge in [-0.1, -0.05) is 72.3 Å². The van der Waals surface area contributed by atoms with Crippen LogP contribution in [-0.2, 0) is 4.79 Å². The van der Waals surface area contributed by atoms with Crippen LogP contribution in [0.5, 0.6) is 11.5 Å². The van der Waals surface area contributed by atoms with Crippen molar-refractivity contribution in [2.45, 2.75) is 19.4 Å². The number of amides is 1. The third kappa shape index (κ3) is 4.42. The molecule has 1 amide bonds. The van der Waals surface area contributed by atoms with E-state index < -0.39 is 0 Å². The zero-order valence-electron chi connectivity index (χ0n) is 18.5. The minimum absolute atomic E-state index is 0.189. The molecule has 3 aromatic carbocycles. The van der Waals surface area contributed by atoms with Crippen molar-refractivity contribution in [3.8, 4) is 11.5 Å². The smallest absolute Gasteiger partial charge is 0.267 e. The predicted molar refractivity (Wildman–Crippen MR) is 127 cm³/mol. The van der Waals surface area contributed by atoms with E-state index in [-0.39, 0.29) is 11.9 Å². The molecule has 1 atom stereocenters. The van der Waals surface area contributed by atoms with Crippen molar-refractivity contribution < 1.29 is 14.3 Å². The maximum atomic E-state index is 13.2. The van der Waals surface area contributed by atoms with Gasteiger partial charge >= 0.3 is 0 Å². The molecule has 0 spiro atoms. The van der Waals surface area contributed by atoms with Gasteiger partial charge in [-0.15, -0.1) is 0 Å². The monoisotopic (exact) mass is 426 g/mol. The van der Waals surface area contributed by atoms with E-state index in [1.54, 1.807) is 25.3 Å². The molecule has 0 bridgehead atoms. The number of carbonyl (C=O) groups excluding carboxylic acids is 1. The van der Waals surface area contributed by atoms with Crippen LogP contribution in [0.3, 0.4) is 0 Å². The van der Waals surface area contributed by atoms with Gasteiger partial charge < -0.3 is 9.47 Å². The van der Waals surface area contributed by atoms with Crippen LogP contribution >= 0.6 is 0 Å². The summed E-state index contributed by atoms with van der Waals surface area (Å²) in [4.78, 5) is 13.2. The van der Waals surface area contributed by atoms with Gasteiger partial charge in [-0.3, -0.25) is 4.79 Å². The highest BCUT2D eigenvalue weighted by Crippen LogP contribution is 2.41. The third-order valence-electron chi connectivity index (χ3n) is 5.53. The van der Waals surface area contributed by atoms with E-state index in [1.165, 1.54) is 5.56 Å². The molecule has 0 radical (unpaired) electrons. The maximum Gasteiger partial charge on any atom is 0.267 e. The first-order valence-corrected chi connectivity index (χ1v) is 10.5. The van der Waals surface area contributed by atoms with Crippen molar-refractivity contribution in [3.63, 3.8) is 0 Å². The predicted octanol–water partition coefficient (Wildman–Crippen LogP) is 5.40. The maximum absolute atomic E-state index is 13.2. The molecule has 0 aliphatic carbocycles. The average molecular weight is 427 g/mol. The number of aryl methyl sites for hydroxylation is 1. The van der Waals surface area contributed by atoms with Gasteiger partial charge in [0.15, 0.2) is 11.5 Å². The Morgan fingerprint density at radius 2 is 1.72 bits per heavy atom. The molecule has 5 nitrogen and oxygen atoms in total. The van der Waals surface area contributed by atoms with Gasteiger partial charge in [-0.2, -0.15) is 5.10 Å². The van der Waals surface area contributed by atoms with Crippen LogP contribution in [0.2, 0.25) is 0 Å². The van der Waals surface area contributed by atoms with Crippen molar-refractivity contribution in [3.05, 3.63) is 101 Å². The van der Waals surface area contributed by atoms with E-state index >= 15 is 0 Å². The SMILES string of the molecule is COc1cccc([C@@H]2CC(c3ccc(C)cc3)=NN2C(=O)/C=C/c2ccccc2)c1OC. The van der Waals surface area contributed by atoms with Gasteiger partial charge in [-0.05, 0) is 30.2 Å². The lowest BCUT2D eigenvalue weighted by atomic mass is 9.97. The van der Waals surface area contributed by atoms with Crippen molar-refractivity contribution in [2.75, 3.05) is 14.2 Å². The zero-order chi connectivity index (χ0) is 22.5. The van der Waals surface area contributed by atoms with Crippen molar-refractivity contribution >= 4 is 17.7 Å². The molecule has 162 valence electrons. The molecule has 0 saturated carbocycles. The Bertz CT molecular complexity index is 1150. The number of carbonyl (C=O) groups is 1. The Kier molecular flexibility index (Phi) is 6.36. The van der Waals surface area contributed by atoms with Crippen LogP contribution in [0.4, 0.5) is 0 Å². The molecule has 1 aliphatic rings. The summed E-state index contributed by atoms with van der Waals surface area (Å²) < 4.78 is 11.1. The second-order valence-corrected chi connectivity index (χ2v) is 7.64. The Morgan fingerprint density at radius 1 is 0.969 bits per heavy atom. The second kappa shape index (κ2) is 9.52. The lowest BCUT2D eigenvalue weighted by Crippen LogP contribution is -2.25. The van der Waals surface area contributed by atoms with Gasteiger partial charge in [0.25, 0.3) is 5.91 Å². The summed E-state index contributed by atoms with van der Waals surface area (Å²) in [6, 6.07) is 23.3. The van der Waals surface area contributed by atoms with E-state index in [1.807, 2.05) is 73.7 Å². The largest absolute Gasteiger partial charge is 0.493 e. The third-order valence-corrected chi connectivity index (χ3v) is 5.53. The van der Waals surface area contributed by atoms with Crippen LogP contribution in [0, 0.1) is 6.92 Å². The summed E-state index contributed by atoms with van der Waals surface area (Å²) in [6.45, 7) is 2.05. The number of para-hydroxylation sites is 1.